The highest BCUT2D eigenvalue weighted by Crippen LogP contribution is 2.42. The average Bonchev–Trinajstić information content (AvgIpc) is 3.33. The van der Waals surface area contributed by atoms with Crippen LogP contribution in [0.1, 0.15) is 17.5 Å². The number of nitrogens with one attached hydrogen (secondary N) is 2. The van der Waals surface area contributed by atoms with Crippen LogP contribution in [0, 0.1) is 0 Å². The molecule has 0 saturated heterocycles. The summed E-state index contributed by atoms with van der Waals surface area (Å²) in [5.41, 5.74) is 4.00. The van der Waals surface area contributed by atoms with Crippen molar-refractivity contribution in [2.24, 2.45) is 0 Å². The van der Waals surface area contributed by atoms with Crippen LogP contribution in [-0.2, 0) is 22.9 Å². The van der Waals surface area contributed by atoms with Crippen molar-refractivity contribution >= 4 is 72.2 Å². The monoisotopic (exact) mass is 544 g/mol. The third kappa shape index (κ3) is 4.11. The van der Waals surface area contributed by atoms with Gasteiger partial charge in [0.25, 0.3) is 10.0 Å². The van der Waals surface area contributed by atoms with Gasteiger partial charge >= 0.3 is 6.03 Å². The van der Waals surface area contributed by atoms with Gasteiger partial charge in [-0.05, 0) is 63.8 Å². The average molecular weight is 546 g/mol. The molecule has 2 amide bonds. The van der Waals surface area contributed by atoms with E-state index in [1.54, 1.807) is 23.6 Å². The molecule has 30 heavy (non-hydrogen) atoms. The van der Waals surface area contributed by atoms with Crippen molar-refractivity contribution in [3.63, 3.8) is 0 Å². The lowest BCUT2D eigenvalue weighted by Gasteiger charge is -2.17. The van der Waals surface area contributed by atoms with Crippen LogP contribution in [0.2, 0.25) is 10.0 Å². The topological polar surface area (TPSA) is 75.3 Å². The molecule has 0 radical (unpaired) electrons. The number of hydrogen-bond acceptors (Lipinski definition) is 4. The van der Waals surface area contributed by atoms with Crippen molar-refractivity contribution in [3.8, 4) is 11.1 Å². The van der Waals surface area contributed by atoms with Crippen molar-refractivity contribution in [2.75, 3.05) is 5.32 Å². The Bertz CT molecular complexity index is 1260. The molecule has 3 aromatic rings. The molecular weight excluding hydrogens is 531 g/mol. The Morgan fingerprint density at radius 2 is 1.87 bits per heavy atom. The van der Waals surface area contributed by atoms with E-state index in [1.807, 2.05) is 18.2 Å². The van der Waals surface area contributed by atoms with Crippen LogP contribution < -0.4 is 10.0 Å². The van der Waals surface area contributed by atoms with Gasteiger partial charge in [0, 0.05) is 15.6 Å². The Morgan fingerprint density at radius 3 is 2.60 bits per heavy atom. The number of benzene rings is 2. The Kier molecular flexibility index (Phi) is 6.14. The summed E-state index contributed by atoms with van der Waals surface area (Å²) >= 11 is 16.8. The summed E-state index contributed by atoms with van der Waals surface area (Å²) in [6.07, 6.45) is 2.63. The molecule has 0 spiro atoms. The van der Waals surface area contributed by atoms with Crippen LogP contribution in [-0.4, -0.2) is 14.4 Å². The summed E-state index contributed by atoms with van der Waals surface area (Å²) in [6.45, 7) is 0. The van der Waals surface area contributed by atoms with Gasteiger partial charge in [0.2, 0.25) is 0 Å². The molecular formula is C20H15BrCl2N2O3S2. The fraction of sp³-hybridized carbons (Fsp3) is 0.150. The van der Waals surface area contributed by atoms with Gasteiger partial charge in [0.05, 0.1) is 15.7 Å². The largest absolute Gasteiger partial charge is 0.333 e. The smallest absolute Gasteiger partial charge is 0.306 e. The van der Waals surface area contributed by atoms with Gasteiger partial charge in [0.15, 0.2) is 4.21 Å². The first-order valence-corrected chi connectivity index (χ1v) is 12.8. The molecule has 1 heterocycles. The second-order valence-electron chi connectivity index (χ2n) is 6.70. The number of amides is 2. The highest BCUT2D eigenvalue weighted by Gasteiger charge is 2.25. The SMILES string of the molecule is O=C(Nc1c(-c2cccc(Cl)c2Cl)ccc2c1CCC2)NS(=O)(=O)c1sccc1Br. The van der Waals surface area contributed by atoms with E-state index in [1.165, 1.54) is 0 Å². The minimum atomic E-state index is -4.01. The fourth-order valence-electron chi connectivity index (χ4n) is 3.52. The Balaban J connectivity index is 1.72. The number of fused-ring (bicyclic) bond motifs is 1. The first kappa shape index (κ1) is 21.6. The van der Waals surface area contributed by atoms with Crippen LogP contribution in [0.25, 0.3) is 11.1 Å². The number of hydrogen-bond donors (Lipinski definition) is 2. The minimum Gasteiger partial charge on any atom is -0.306 e. The number of aryl methyl sites for hydroxylation is 1. The van der Waals surface area contributed by atoms with E-state index >= 15 is 0 Å². The summed E-state index contributed by atoms with van der Waals surface area (Å²) in [7, 11) is -4.01. The standard InChI is InChI=1S/C20H15BrCl2N2O3S2/c21-15-9-10-29-19(15)30(27,28)25-20(26)24-18-12-4-1-3-11(12)7-8-14(18)13-5-2-6-16(22)17(13)23/h2,5-10H,1,3-4H2,(H2,24,25,26). The predicted molar refractivity (Wildman–Crippen MR) is 125 cm³/mol. The number of halogens is 3. The van der Waals surface area contributed by atoms with Gasteiger partial charge in [0.1, 0.15) is 0 Å². The van der Waals surface area contributed by atoms with Gasteiger partial charge in [-0.1, -0.05) is 47.5 Å². The van der Waals surface area contributed by atoms with Gasteiger partial charge in [-0.25, -0.2) is 17.9 Å². The molecule has 2 N–H and O–H groups in total. The van der Waals surface area contributed by atoms with E-state index in [4.69, 9.17) is 23.2 Å². The molecule has 1 aliphatic rings. The van der Waals surface area contributed by atoms with E-state index in [0.29, 0.717) is 31.3 Å². The Labute approximate surface area is 196 Å². The van der Waals surface area contributed by atoms with E-state index in [-0.39, 0.29) is 4.21 Å². The molecule has 5 nitrogen and oxygen atoms in total. The molecule has 4 rings (SSSR count). The number of rotatable bonds is 4. The summed E-state index contributed by atoms with van der Waals surface area (Å²) in [6, 6.07) is 9.94. The van der Waals surface area contributed by atoms with Crippen molar-refractivity contribution < 1.29 is 13.2 Å². The number of sulfonamides is 1. The van der Waals surface area contributed by atoms with Crippen molar-refractivity contribution in [2.45, 2.75) is 23.5 Å². The zero-order chi connectivity index (χ0) is 21.5. The maximum absolute atomic E-state index is 12.7. The van der Waals surface area contributed by atoms with Crippen LogP contribution in [0.4, 0.5) is 10.5 Å². The number of carbonyl (C=O) groups is 1. The third-order valence-electron chi connectivity index (χ3n) is 4.82. The van der Waals surface area contributed by atoms with Crippen LogP contribution >= 0.6 is 50.5 Å². The maximum Gasteiger partial charge on any atom is 0.333 e. The zero-order valence-electron chi connectivity index (χ0n) is 15.3. The molecule has 156 valence electrons. The number of anilines is 1. The molecule has 1 aromatic heterocycles. The normalized spacial score (nSPS) is 13.2. The van der Waals surface area contributed by atoms with Gasteiger partial charge in [-0.3, -0.25) is 0 Å². The summed E-state index contributed by atoms with van der Waals surface area (Å²) in [5, 5.41) is 5.15. The van der Waals surface area contributed by atoms with Crippen molar-refractivity contribution in [3.05, 3.63) is 67.4 Å². The summed E-state index contributed by atoms with van der Waals surface area (Å²) < 4.78 is 27.7. The lowest BCUT2D eigenvalue weighted by Crippen LogP contribution is -2.34. The maximum atomic E-state index is 12.7. The van der Waals surface area contributed by atoms with Crippen LogP contribution in [0.3, 0.4) is 0 Å². The molecule has 0 atom stereocenters. The molecule has 0 aliphatic heterocycles. The van der Waals surface area contributed by atoms with E-state index < -0.39 is 16.1 Å². The molecule has 0 unspecified atom stereocenters. The number of carbonyl (C=O) groups excluding carboxylic acids is 1. The predicted octanol–water partition coefficient (Wildman–Crippen LogP) is 6.48. The van der Waals surface area contributed by atoms with Crippen molar-refractivity contribution in [1.82, 2.24) is 4.72 Å². The number of thiophene rings is 1. The van der Waals surface area contributed by atoms with E-state index in [9.17, 15) is 13.2 Å². The fourth-order valence-corrected chi connectivity index (χ4v) is 7.17. The zero-order valence-corrected chi connectivity index (χ0v) is 20.1. The highest BCUT2D eigenvalue weighted by atomic mass is 79.9. The Morgan fingerprint density at radius 1 is 1.07 bits per heavy atom. The van der Waals surface area contributed by atoms with Crippen LogP contribution in [0.5, 0.6) is 0 Å². The van der Waals surface area contributed by atoms with Gasteiger partial charge < -0.3 is 5.32 Å². The molecule has 0 saturated carbocycles. The molecule has 0 fully saturated rings. The second-order valence-corrected chi connectivity index (χ2v) is 11.1. The lowest BCUT2D eigenvalue weighted by atomic mass is 9.97. The van der Waals surface area contributed by atoms with Crippen LogP contribution in [0.15, 0.2) is 50.5 Å². The molecule has 2 aromatic carbocycles. The second kappa shape index (κ2) is 8.51. The third-order valence-corrected chi connectivity index (χ3v) is 9.64. The number of urea groups is 1. The van der Waals surface area contributed by atoms with Crippen molar-refractivity contribution in [1.29, 1.82) is 0 Å². The quantitative estimate of drug-likeness (QED) is 0.393. The lowest BCUT2D eigenvalue weighted by molar-refractivity contribution is 0.256. The highest BCUT2D eigenvalue weighted by molar-refractivity contribution is 9.10. The van der Waals surface area contributed by atoms with Gasteiger partial charge in [-0.15, -0.1) is 11.3 Å². The first-order valence-electron chi connectivity index (χ1n) is 8.94. The van der Waals surface area contributed by atoms with Gasteiger partial charge in [-0.2, -0.15) is 0 Å². The van der Waals surface area contributed by atoms with E-state index in [0.717, 1.165) is 41.7 Å². The summed E-state index contributed by atoms with van der Waals surface area (Å²) in [5.74, 6) is 0. The molecule has 0 bridgehead atoms. The minimum absolute atomic E-state index is 0.0362. The van der Waals surface area contributed by atoms with E-state index in [2.05, 4.69) is 26.0 Å². The first-order chi connectivity index (χ1) is 14.3. The molecule has 1 aliphatic carbocycles. The summed E-state index contributed by atoms with van der Waals surface area (Å²) in [4.78, 5) is 12.7. The molecule has 10 heteroatoms. The Hall–Kier alpha value is -1.58.